The van der Waals surface area contributed by atoms with Crippen LogP contribution in [0.25, 0.3) is 21.5 Å². The smallest absolute Gasteiger partial charge is 0.313 e. The minimum atomic E-state index is -0.500. The highest BCUT2D eigenvalue weighted by atomic mass is 32.1. The average Bonchev–Trinajstić information content (AvgIpc) is 3.17. The summed E-state index contributed by atoms with van der Waals surface area (Å²) >= 11 is 1.43. The van der Waals surface area contributed by atoms with Crippen LogP contribution in [0.4, 0.5) is 0 Å². The Balaban J connectivity index is 1.41. The summed E-state index contributed by atoms with van der Waals surface area (Å²) in [5, 5.41) is 10.7. The van der Waals surface area contributed by atoms with E-state index in [1.54, 1.807) is 42.0 Å². The van der Waals surface area contributed by atoms with Gasteiger partial charge in [0.1, 0.15) is 10.5 Å². The van der Waals surface area contributed by atoms with Crippen LogP contribution in [0.5, 0.6) is 0 Å². The Morgan fingerprint density at radius 1 is 1.19 bits per heavy atom. The third-order valence-corrected chi connectivity index (χ3v) is 4.70. The second kappa shape index (κ2) is 7.42. The predicted molar refractivity (Wildman–Crippen MR) is 98.9 cm³/mol. The fourth-order valence-corrected chi connectivity index (χ4v) is 3.26. The van der Waals surface area contributed by atoms with Crippen molar-refractivity contribution in [2.75, 3.05) is 0 Å². The minimum Gasteiger partial charge on any atom is -0.442 e. The molecule has 0 aliphatic rings. The molecular weight excluding hydrogens is 366 g/mol. The normalized spacial score (nSPS) is 10.8. The van der Waals surface area contributed by atoms with Crippen LogP contribution in [-0.2, 0) is 22.7 Å². The summed E-state index contributed by atoms with van der Waals surface area (Å²) in [6, 6.07) is 10.6. The van der Waals surface area contributed by atoms with E-state index < -0.39 is 5.97 Å². The molecule has 3 heterocycles. The topological polar surface area (TPSA) is 99.9 Å². The van der Waals surface area contributed by atoms with Crippen LogP contribution in [0.15, 0.2) is 59.0 Å². The summed E-state index contributed by atoms with van der Waals surface area (Å²) < 4.78 is 6.17. The number of carbonyl (C=O) groups is 1. The van der Waals surface area contributed by atoms with E-state index >= 15 is 0 Å². The summed E-state index contributed by atoms with van der Waals surface area (Å²) in [6.07, 6.45) is 3.41. The van der Waals surface area contributed by atoms with Gasteiger partial charge in [0.25, 0.3) is 5.56 Å². The molecule has 0 unspecified atom stereocenters. The van der Waals surface area contributed by atoms with Crippen LogP contribution in [0, 0.1) is 0 Å². The van der Waals surface area contributed by atoms with Crippen LogP contribution in [0.2, 0.25) is 0 Å². The van der Waals surface area contributed by atoms with Crippen molar-refractivity contribution in [2.24, 2.45) is 0 Å². The lowest BCUT2D eigenvalue weighted by Crippen LogP contribution is -2.26. The quantitative estimate of drug-likeness (QED) is 0.489. The Bertz CT molecular complexity index is 1160. The first-order valence-corrected chi connectivity index (χ1v) is 8.91. The van der Waals surface area contributed by atoms with Gasteiger partial charge in [-0.05, 0) is 24.3 Å². The summed E-state index contributed by atoms with van der Waals surface area (Å²) in [6.45, 7) is -0.297. The van der Waals surface area contributed by atoms with Crippen LogP contribution in [0.1, 0.15) is 5.69 Å². The fourth-order valence-electron chi connectivity index (χ4n) is 2.45. The van der Waals surface area contributed by atoms with Crippen molar-refractivity contribution in [3.05, 3.63) is 70.2 Å². The molecule has 9 heteroatoms. The Morgan fingerprint density at radius 3 is 2.93 bits per heavy atom. The maximum Gasteiger partial charge on any atom is 0.313 e. The lowest BCUT2D eigenvalue weighted by molar-refractivity contribution is -0.147. The number of esters is 1. The number of hydrogen-bond acceptors (Lipinski definition) is 8. The molecule has 0 fully saturated rings. The van der Waals surface area contributed by atoms with Gasteiger partial charge in [-0.25, -0.2) is 4.98 Å². The molecular formula is C18H13N5O3S. The van der Waals surface area contributed by atoms with Crippen molar-refractivity contribution >= 4 is 28.2 Å². The molecule has 0 spiro atoms. The van der Waals surface area contributed by atoms with Crippen molar-refractivity contribution in [1.82, 2.24) is 25.0 Å². The summed E-state index contributed by atoms with van der Waals surface area (Å²) in [5.41, 5.74) is 1.62. The Hall–Kier alpha value is -3.46. The van der Waals surface area contributed by atoms with E-state index in [9.17, 15) is 9.59 Å². The van der Waals surface area contributed by atoms with Crippen LogP contribution >= 0.6 is 11.3 Å². The molecule has 134 valence electrons. The lowest BCUT2D eigenvalue weighted by Gasteiger charge is -2.05. The van der Waals surface area contributed by atoms with Gasteiger partial charge in [0.2, 0.25) is 0 Å². The molecule has 1 aromatic carbocycles. The van der Waals surface area contributed by atoms with E-state index in [1.807, 2.05) is 12.1 Å². The number of thiazole rings is 1. The van der Waals surface area contributed by atoms with Gasteiger partial charge in [0.15, 0.2) is 6.73 Å². The van der Waals surface area contributed by atoms with Crippen LogP contribution < -0.4 is 5.56 Å². The zero-order chi connectivity index (χ0) is 18.6. The Kier molecular flexibility index (Phi) is 4.67. The van der Waals surface area contributed by atoms with Crippen molar-refractivity contribution in [2.45, 2.75) is 13.2 Å². The highest BCUT2D eigenvalue weighted by molar-refractivity contribution is 7.13. The molecule has 0 aliphatic carbocycles. The first-order chi connectivity index (χ1) is 13.2. The second-order valence-corrected chi connectivity index (χ2v) is 6.48. The van der Waals surface area contributed by atoms with Crippen molar-refractivity contribution in [3.8, 4) is 10.6 Å². The molecule has 4 rings (SSSR count). The van der Waals surface area contributed by atoms with Gasteiger partial charge in [-0.3, -0.25) is 14.6 Å². The SMILES string of the molecule is O=C(Cc1csc(-c2cccnc2)n1)OCn1nnc2ccccc2c1=O. The third-order valence-electron chi connectivity index (χ3n) is 3.76. The van der Waals surface area contributed by atoms with Gasteiger partial charge >= 0.3 is 5.97 Å². The maximum atomic E-state index is 12.3. The van der Waals surface area contributed by atoms with Crippen molar-refractivity contribution in [1.29, 1.82) is 0 Å². The van der Waals surface area contributed by atoms with E-state index in [-0.39, 0.29) is 18.7 Å². The molecule has 3 aromatic heterocycles. The number of carbonyl (C=O) groups excluding carboxylic acids is 1. The van der Waals surface area contributed by atoms with E-state index in [1.165, 1.54) is 11.3 Å². The van der Waals surface area contributed by atoms with Gasteiger partial charge in [-0.1, -0.05) is 17.3 Å². The maximum absolute atomic E-state index is 12.3. The van der Waals surface area contributed by atoms with Gasteiger partial charge in [0, 0.05) is 23.3 Å². The van der Waals surface area contributed by atoms with E-state index in [4.69, 9.17) is 4.74 Å². The molecule has 0 bridgehead atoms. The molecule has 0 aliphatic heterocycles. The number of benzene rings is 1. The number of ether oxygens (including phenoxy) is 1. The van der Waals surface area contributed by atoms with Gasteiger partial charge in [-0.15, -0.1) is 16.4 Å². The number of pyridine rings is 1. The molecule has 27 heavy (non-hydrogen) atoms. The zero-order valence-electron chi connectivity index (χ0n) is 14.0. The molecule has 0 atom stereocenters. The van der Waals surface area contributed by atoms with Gasteiger partial charge < -0.3 is 4.74 Å². The Morgan fingerprint density at radius 2 is 2.07 bits per heavy atom. The molecule has 4 aromatic rings. The standard InChI is InChI=1S/C18H13N5O3S/c24-16(8-13-10-27-17(20-13)12-4-3-7-19-9-12)26-11-23-18(25)14-5-1-2-6-15(14)21-22-23/h1-7,9-10H,8,11H2. The number of hydrogen-bond donors (Lipinski definition) is 0. The van der Waals surface area contributed by atoms with Crippen molar-refractivity contribution in [3.63, 3.8) is 0 Å². The summed E-state index contributed by atoms with van der Waals surface area (Å²) in [7, 11) is 0. The fraction of sp³-hybridized carbons (Fsp3) is 0.111. The second-order valence-electron chi connectivity index (χ2n) is 5.62. The first-order valence-electron chi connectivity index (χ1n) is 8.04. The summed E-state index contributed by atoms with van der Waals surface area (Å²) in [5.74, 6) is -0.500. The van der Waals surface area contributed by atoms with Crippen molar-refractivity contribution < 1.29 is 9.53 Å². The molecule has 0 N–H and O–H groups in total. The van der Waals surface area contributed by atoms with E-state index in [0.29, 0.717) is 16.6 Å². The van der Waals surface area contributed by atoms with E-state index in [2.05, 4.69) is 20.3 Å². The van der Waals surface area contributed by atoms with Gasteiger partial charge in [0.05, 0.1) is 17.5 Å². The zero-order valence-corrected chi connectivity index (χ0v) is 14.8. The number of nitrogens with zero attached hydrogens (tertiary/aromatic N) is 5. The largest absolute Gasteiger partial charge is 0.442 e. The highest BCUT2D eigenvalue weighted by Gasteiger charge is 2.12. The predicted octanol–water partition coefficient (Wildman–Crippen LogP) is 2.05. The summed E-state index contributed by atoms with van der Waals surface area (Å²) in [4.78, 5) is 32.9. The average molecular weight is 379 g/mol. The molecule has 0 amide bonds. The Labute approximate surface area is 157 Å². The molecule has 8 nitrogen and oxygen atoms in total. The lowest BCUT2D eigenvalue weighted by atomic mass is 10.2. The van der Waals surface area contributed by atoms with E-state index in [0.717, 1.165) is 15.3 Å². The number of rotatable bonds is 5. The molecule has 0 radical (unpaired) electrons. The third kappa shape index (κ3) is 3.72. The minimum absolute atomic E-state index is 0.00647. The van der Waals surface area contributed by atoms with Gasteiger partial charge in [-0.2, -0.15) is 4.68 Å². The highest BCUT2D eigenvalue weighted by Crippen LogP contribution is 2.22. The molecule has 0 saturated carbocycles. The first kappa shape index (κ1) is 17.0. The monoisotopic (exact) mass is 379 g/mol. The number of aromatic nitrogens is 5. The molecule has 0 saturated heterocycles. The number of fused-ring (bicyclic) bond motifs is 1. The van der Waals surface area contributed by atoms with Crippen LogP contribution in [0.3, 0.4) is 0 Å². The van der Waals surface area contributed by atoms with Crippen LogP contribution in [-0.4, -0.2) is 30.9 Å².